The third-order valence-electron chi connectivity index (χ3n) is 5.48. The van der Waals surface area contributed by atoms with Crippen molar-refractivity contribution in [1.29, 1.82) is 0 Å². The van der Waals surface area contributed by atoms with E-state index in [0.717, 1.165) is 25.6 Å². The van der Waals surface area contributed by atoms with E-state index < -0.39 is 10.1 Å². The number of likely N-dealkylation sites (N-methyl/N-ethyl adjacent to an activating group) is 1. The molecule has 0 spiro atoms. The first kappa shape index (κ1) is 26.8. The van der Waals surface area contributed by atoms with Crippen molar-refractivity contribution >= 4 is 21.5 Å². The van der Waals surface area contributed by atoms with Crippen LogP contribution in [0.15, 0.2) is 108 Å². The normalized spacial score (nSPS) is 10.8. The molecule has 4 rings (SSSR count). The van der Waals surface area contributed by atoms with Gasteiger partial charge in [0.25, 0.3) is 10.1 Å². The van der Waals surface area contributed by atoms with Crippen molar-refractivity contribution in [3.05, 3.63) is 114 Å². The molecule has 3 N–H and O–H groups in total. The summed E-state index contributed by atoms with van der Waals surface area (Å²) in [6, 6.07) is 32.1. The molecule has 4 aromatic carbocycles. The van der Waals surface area contributed by atoms with Crippen LogP contribution in [0.5, 0.6) is 11.5 Å². The SMILES string of the molecule is CCN(CCc1ccccc1)c1cccc(C)c1.Nc1ccc(Oc2ccccc2)c(S(=O)(=O)O)c1. The predicted octanol–water partition coefficient (Wildman–Crippen LogP) is 6.37. The zero-order chi connectivity index (χ0) is 26.0. The summed E-state index contributed by atoms with van der Waals surface area (Å²) in [6.07, 6.45) is 1.10. The summed E-state index contributed by atoms with van der Waals surface area (Å²) in [5, 5.41) is 0. The van der Waals surface area contributed by atoms with Crippen LogP contribution in [0, 0.1) is 6.92 Å². The first-order chi connectivity index (χ1) is 17.3. The molecule has 0 saturated heterocycles. The highest BCUT2D eigenvalue weighted by Crippen LogP contribution is 2.30. The number of hydrogen-bond donors (Lipinski definition) is 2. The Bertz CT molecular complexity index is 1340. The van der Waals surface area contributed by atoms with Gasteiger partial charge in [0.15, 0.2) is 0 Å². The van der Waals surface area contributed by atoms with Crippen molar-refractivity contribution in [2.45, 2.75) is 25.2 Å². The molecule has 188 valence electrons. The highest BCUT2D eigenvalue weighted by atomic mass is 32.2. The monoisotopic (exact) mass is 504 g/mol. The van der Waals surface area contributed by atoms with Gasteiger partial charge in [-0.1, -0.05) is 60.7 Å². The number of hydrogen-bond acceptors (Lipinski definition) is 5. The van der Waals surface area contributed by atoms with E-state index in [0.29, 0.717) is 5.75 Å². The van der Waals surface area contributed by atoms with Crippen LogP contribution in [0.25, 0.3) is 0 Å². The van der Waals surface area contributed by atoms with Crippen LogP contribution >= 0.6 is 0 Å². The lowest BCUT2D eigenvalue weighted by Gasteiger charge is -2.23. The van der Waals surface area contributed by atoms with Gasteiger partial charge in [0.1, 0.15) is 16.4 Å². The summed E-state index contributed by atoms with van der Waals surface area (Å²) >= 11 is 0. The summed E-state index contributed by atoms with van der Waals surface area (Å²) in [5.41, 5.74) is 9.77. The zero-order valence-electron chi connectivity index (χ0n) is 20.5. The number of para-hydroxylation sites is 1. The first-order valence-electron chi connectivity index (χ1n) is 11.7. The summed E-state index contributed by atoms with van der Waals surface area (Å²) in [7, 11) is -4.38. The van der Waals surface area contributed by atoms with E-state index in [1.165, 1.54) is 28.9 Å². The standard InChI is InChI=1S/C17H21N.C12H11NO4S/c1-3-18(17-11-7-8-15(2)14-17)13-12-16-9-5-4-6-10-16;13-9-6-7-11(12(8-9)18(14,15)16)17-10-4-2-1-3-5-10/h4-11,14H,3,12-13H2,1-2H3;1-8H,13H2,(H,14,15,16). The molecular formula is C29H32N2O4S. The summed E-state index contributed by atoms with van der Waals surface area (Å²) in [6.45, 7) is 6.49. The smallest absolute Gasteiger partial charge is 0.298 e. The topological polar surface area (TPSA) is 92.9 Å². The molecule has 0 aliphatic carbocycles. The highest BCUT2D eigenvalue weighted by Gasteiger charge is 2.17. The first-order valence-corrected chi connectivity index (χ1v) is 13.2. The fourth-order valence-corrected chi connectivity index (χ4v) is 4.28. The number of ether oxygens (including phenoxy) is 1. The van der Waals surface area contributed by atoms with Crippen molar-refractivity contribution in [2.24, 2.45) is 0 Å². The van der Waals surface area contributed by atoms with Gasteiger partial charge in [0.2, 0.25) is 0 Å². The van der Waals surface area contributed by atoms with Crippen molar-refractivity contribution < 1.29 is 17.7 Å². The molecule has 0 amide bonds. The van der Waals surface area contributed by atoms with Gasteiger partial charge < -0.3 is 15.4 Å². The molecule has 4 aromatic rings. The largest absolute Gasteiger partial charge is 0.456 e. The Balaban J connectivity index is 0.000000201. The van der Waals surface area contributed by atoms with Crippen molar-refractivity contribution in [3.63, 3.8) is 0 Å². The van der Waals surface area contributed by atoms with Crippen molar-refractivity contribution in [3.8, 4) is 11.5 Å². The molecule has 0 aliphatic rings. The van der Waals surface area contributed by atoms with Crippen molar-refractivity contribution in [2.75, 3.05) is 23.7 Å². The van der Waals surface area contributed by atoms with Crippen LogP contribution in [0.3, 0.4) is 0 Å². The van der Waals surface area contributed by atoms with E-state index in [1.807, 2.05) is 0 Å². The van der Waals surface area contributed by atoms with Gasteiger partial charge in [0, 0.05) is 24.5 Å². The molecule has 0 bridgehead atoms. The number of rotatable bonds is 8. The van der Waals surface area contributed by atoms with Crippen LogP contribution in [0.1, 0.15) is 18.1 Å². The van der Waals surface area contributed by atoms with E-state index in [9.17, 15) is 8.42 Å². The number of aryl methyl sites for hydroxylation is 1. The Hall–Kier alpha value is -3.81. The third kappa shape index (κ3) is 8.15. The quantitative estimate of drug-likeness (QED) is 0.214. The zero-order valence-corrected chi connectivity index (χ0v) is 21.4. The number of nitrogens with zero attached hydrogens (tertiary/aromatic N) is 1. The lowest BCUT2D eigenvalue weighted by atomic mass is 10.1. The van der Waals surface area contributed by atoms with Gasteiger partial charge in [-0.15, -0.1) is 0 Å². The van der Waals surface area contributed by atoms with Gasteiger partial charge in [-0.3, -0.25) is 4.55 Å². The van der Waals surface area contributed by atoms with Gasteiger partial charge in [0.05, 0.1) is 0 Å². The van der Waals surface area contributed by atoms with Crippen LogP contribution in [-0.2, 0) is 16.5 Å². The molecule has 0 fully saturated rings. The van der Waals surface area contributed by atoms with Crippen LogP contribution in [-0.4, -0.2) is 26.1 Å². The van der Waals surface area contributed by atoms with Crippen LogP contribution in [0.2, 0.25) is 0 Å². The fourth-order valence-electron chi connectivity index (χ4n) is 3.63. The second-order valence-electron chi connectivity index (χ2n) is 8.25. The molecule has 0 radical (unpaired) electrons. The minimum absolute atomic E-state index is 0.0258. The average Bonchev–Trinajstić information content (AvgIpc) is 2.87. The van der Waals surface area contributed by atoms with Gasteiger partial charge in [-0.2, -0.15) is 8.42 Å². The molecule has 0 atom stereocenters. The predicted molar refractivity (Wildman–Crippen MR) is 146 cm³/mol. The average molecular weight is 505 g/mol. The third-order valence-corrected chi connectivity index (χ3v) is 6.35. The summed E-state index contributed by atoms with van der Waals surface area (Å²) < 4.78 is 36.9. The lowest BCUT2D eigenvalue weighted by molar-refractivity contribution is 0.450. The molecular weight excluding hydrogens is 472 g/mol. The molecule has 0 aromatic heterocycles. The number of anilines is 2. The minimum Gasteiger partial charge on any atom is -0.456 e. The lowest BCUT2D eigenvalue weighted by Crippen LogP contribution is -2.25. The number of benzene rings is 4. The Morgan fingerprint density at radius 3 is 2.14 bits per heavy atom. The minimum atomic E-state index is -4.38. The Morgan fingerprint density at radius 1 is 0.861 bits per heavy atom. The fraction of sp³-hybridized carbons (Fsp3) is 0.172. The number of nitrogens with two attached hydrogens (primary N) is 1. The van der Waals surface area contributed by atoms with Gasteiger partial charge >= 0.3 is 0 Å². The molecule has 0 unspecified atom stereocenters. The second-order valence-corrected chi connectivity index (χ2v) is 9.64. The van der Waals surface area contributed by atoms with E-state index in [2.05, 4.69) is 73.3 Å². The molecule has 0 heterocycles. The summed E-state index contributed by atoms with van der Waals surface area (Å²) in [5.74, 6) is 0.491. The second kappa shape index (κ2) is 12.8. The van der Waals surface area contributed by atoms with Gasteiger partial charge in [-0.05, 0) is 73.9 Å². The Labute approximate surface area is 213 Å². The van der Waals surface area contributed by atoms with E-state index >= 15 is 0 Å². The Morgan fingerprint density at radius 2 is 1.53 bits per heavy atom. The molecule has 0 aliphatic heterocycles. The van der Waals surface area contributed by atoms with Crippen molar-refractivity contribution in [1.82, 2.24) is 0 Å². The summed E-state index contributed by atoms with van der Waals surface area (Å²) in [4.78, 5) is 2.08. The number of nitrogen functional groups attached to an aromatic ring is 1. The Kier molecular flexibility index (Phi) is 9.50. The molecule has 0 saturated carbocycles. The van der Waals surface area contributed by atoms with E-state index in [-0.39, 0.29) is 16.3 Å². The van der Waals surface area contributed by atoms with E-state index in [4.69, 9.17) is 15.0 Å². The molecule has 36 heavy (non-hydrogen) atoms. The van der Waals surface area contributed by atoms with Crippen LogP contribution in [0.4, 0.5) is 11.4 Å². The maximum Gasteiger partial charge on any atom is 0.298 e. The van der Waals surface area contributed by atoms with Crippen LogP contribution < -0.4 is 15.4 Å². The van der Waals surface area contributed by atoms with Gasteiger partial charge in [-0.25, -0.2) is 0 Å². The maximum atomic E-state index is 11.2. The maximum absolute atomic E-state index is 11.2. The molecule has 7 heteroatoms. The van der Waals surface area contributed by atoms with E-state index in [1.54, 1.807) is 30.3 Å². The molecule has 6 nitrogen and oxygen atoms in total. The highest BCUT2D eigenvalue weighted by molar-refractivity contribution is 7.86.